The fourth-order valence-corrected chi connectivity index (χ4v) is 1.88. The van der Waals surface area contributed by atoms with Gasteiger partial charge in [0.15, 0.2) is 11.0 Å². The molecule has 0 aliphatic rings. The first-order valence-corrected chi connectivity index (χ1v) is 7.09. The molecule has 0 saturated carbocycles. The van der Waals surface area contributed by atoms with Crippen molar-refractivity contribution < 1.29 is 5.11 Å². The second-order valence-electron chi connectivity index (χ2n) is 5.00. The van der Waals surface area contributed by atoms with Gasteiger partial charge in [0.1, 0.15) is 11.5 Å². The Morgan fingerprint density at radius 2 is 2.00 bits per heavy atom. The van der Waals surface area contributed by atoms with Crippen molar-refractivity contribution in [3.05, 3.63) is 11.0 Å². The summed E-state index contributed by atoms with van der Waals surface area (Å²) in [5, 5.41) is 12.2. The number of nitrogen functional groups attached to an aromatic ring is 1. The molecule has 0 fully saturated rings. The van der Waals surface area contributed by atoms with Gasteiger partial charge in [-0.1, -0.05) is 25.4 Å². The third-order valence-corrected chi connectivity index (χ3v) is 2.95. The van der Waals surface area contributed by atoms with Gasteiger partial charge >= 0.3 is 0 Å². The molecule has 0 atom stereocenters. The van der Waals surface area contributed by atoms with Crippen LogP contribution in [-0.4, -0.2) is 28.2 Å². The van der Waals surface area contributed by atoms with Gasteiger partial charge in [0, 0.05) is 19.6 Å². The highest BCUT2D eigenvalue weighted by atomic mass is 35.5. The Labute approximate surface area is 119 Å². The highest BCUT2D eigenvalue weighted by Gasteiger charge is 2.10. The van der Waals surface area contributed by atoms with Crippen molar-refractivity contribution in [2.24, 2.45) is 5.92 Å². The topological polar surface area (TPSA) is 84.1 Å². The van der Waals surface area contributed by atoms with Crippen LogP contribution in [0.25, 0.3) is 0 Å². The maximum Gasteiger partial charge on any atom is 0.157 e. The van der Waals surface area contributed by atoms with Crippen molar-refractivity contribution in [3.63, 3.8) is 0 Å². The highest BCUT2D eigenvalue weighted by molar-refractivity contribution is 6.32. The number of rotatable bonds is 8. The summed E-state index contributed by atoms with van der Waals surface area (Å²) >= 11 is 6.02. The zero-order valence-corrected chi connectivity index (χ0v) is 12.4. The molecule has 0 radical (unpaired) electrons. The summed E-state index contributed by atoms with van der Waals surface area (Å²) in [7, 11) is 0. The molecule has 1 aromatic rings. The number of anilines is 2. The van der Waals surface area contributed by atoms with Gasteiger partial charge in [-0.2, -0.15) is 0 Å². The van der Waals surface area contributed by atoms with Gasteiger partial charge < -0.3 is 16.2 Å². The molecule has 0 bridgehead atoms. The lowest BCUT2D eigenvalue weighted by atomic mass is 10.1. The summed E-state index contributed by atoms with van der Waals surface area (Å²) in [6.45, 7) is 5.21. The zero-order chi connectivity index (χ0) is 14.3. The van der Waals surface area contributed by atoms with Crippen LogP contribution in [-0.2, 0) is 6.42 Å². The highest BCUT2D eigenvalue weighted by Crippen LogP contribution is 2.24. The van der Waals surface area contributed by atoms with E-state index in [9.17, 15) is 0 Å². The molecule has 0 aliphatic heterocycles. The molecule has 1 aromatic heterocycles. The predicted octanol–water partition coefficient (Wildman–Crippen LogP) is 2.49. The maximum atomic E-state index is 8.70. The summed E-state index contributed by atoms with van der Waals surface area (Å²) < 4.78 is 0. The smallest absolute Gasteiger partial charge is 0.157 e. The third-order valence-electron chi connectivity index (χ3n) is 2.66. The minimum atomic E-state index is 0.236. The lowest BCUT2D eigenvalue weighted by Gasteiger charge is -2.12. The fraction of sp³-hybridized carbons (Fsp3) is 0.692. The normalized spacial score (nSPS) is 11.0. The zero-order valence-electron chi connectivity index (χ0n) is 11.6. The van der Waals surface area contributed by atoms with Crippen molar-refractivity contribution in [1.29, 1.82) is 0 Å². The average molecular weight is 287 g/mol. The molecule has 1 rings (SSSR count). The molecule has 0 unspecified atom stereocenters. The van der Waals surface area contributed by atoms with Gasteiger partial charge in [-0.25, -0.2) is 9.97 Å². The monoisotopic (exact) mass is 286 g/mol. The number of halogens is 1. The minimum absolute atomic E-state index is 0.236. The Hall–Kier alpha value is -1.07. The standard InChI is InChI=1S/C13H23ClN4O/c1-9(2)8-10-17-12(14)11(15)13(18-10)16-6-4-3-5-7-19/h9,19H,3-8,15H2,1-2H3,(H,16,17,18). The average Bonchev–Trinajstić information content (AvgIpc) is 2.34. The van der Waals surface area contributed by atoms with E-state index in [1.165, 1.54) is 0 Å². The molecule has 1 heterocycles. The Morgan fingerprint density at radius 1 is 1.26 bits per heavy atom. The molecule has 0 spiro atoms. The summed E-state index contributed by atoms with van der Waals surface area (Å²) in [5.41, 5.74) is 6.26. The largest absolute Gasteiger partial charge is 0.396 e. The summed E-state index contributed by atoms with van der Waals surface area (Å²) in [5.74, 6) is 1.80. The van der Waals surface area contributed by atoms with E-state index in [0.717, 1.165) is 32.2 Å². The molecule has 108 valence electrons. The van der Waals surface area contributed by atoms with Crippen LogP contribution < -0.4 is 11.1 Å². The van der Waals surface area contributed by atoms with E-state index in [0.29, 0.717) is 28.4 Å². The molecule has 6 heteroatoms. The molecule has 0 aliphatic carbocycles. The van der Waals surface area contributed by atoms with Gasteiger partial charge in [-0.15, -0.1) is 0 Å². The number of aliphatic hydroxyl groups excluding tert-OH is 1. The quantitative estimate of drug-likeness (QED) is 0.505. The second kappa shape index (κ2) is 8.17. The lowest BCUT2D eigenvalue weighted by Crippen LogP contribution is -2.11. The molecule has 4 N–H and O–H groups in total. The molecule has 0 saturated heterocycles. The van der Waals surface area contributed by atoms with Crippen molar-refractivity contribution >= 4 is 23.1 Å². The second-order valence-corrected chi connectivity index (χ2v) is 5.36. The van der Waals surface area contributed by atoms with E-state index in [4.69, 9.17) is 22.4 Å². The lowest BCUT2D eigenvalue weighted by molar-refractivity contribution is 0.283. The number of aliphatic hydroxyl groups is 1. The van der Waals surface area contributed by atoms with Crippen LogP contribution >= 0.6 is 11.6 Å². The van der Waals surface area contributed by atoms with Crippen molar-refractivity contribution in [2.45, 2.75) is 39.5 Å². The summed E-state index contributed by atoms with van der Waals surface area (Å²) in [6.07, 6.45) is 3.53. The van der Waals surface area contributed by atoms with Gasteiger partial charge in [-0.05, 0) is 25.2 Å². The fourth-order valence-electron chi connectivity index (χ4n) is 1.70. The Kier molecular flexibility index (Phi) is 6.87. The third kappa shape index (κ3) is 5.61. The number of nitrogens with two attached hydrogens (primary N) is 1. The molecular formula is C13H23ClN4O. The van der Waals surface area contributed by atoms with E-state index in [1.54, 1.807) is 0 Å². The van der Waals surface area contributed by atoms with Crippen LogP contribution in [0.5, 0.6) is 0 Å². The van der Waals surface area contributed by atoms with Gasteiger partial charge in [0.2, 0.25) is 0 Å². The van der Waals surface area contributed by atoms with Crippen molar-refractivity contribution in [3.8, 4) is 0 Å². The maximum absolute atomic E-state index is 8.70. The molecule has 0 amide bonds. The molecule has 0 aromatic carbocycles. The minimum Gasteiger partial charge on any atom is -0.396 e. The first-order valence-electron chi connectivity index (χ1n) is 6.71. The van der Waals surface area contributed by atoms with Crippen LogP contribution in [0.3, 0.4) is 0 Å². The van der Waals surface area contributed by atoms with E-state index < -0.39 is 0 Å². The van der Waals surface area contributed by atoms with E-state index in [2.05, 4.69) is 29.1 Å². The number of aromatic nitrogens is 2. The van der Waals surface area contributed by atoms with Crippen LogP contribution in [0.2, 0.25) is 5.15 Å². The number of nitrogens with one attached hydrogen (secondary N) is 1. The Bertz CT molecular complexity index is 398. The van der Waals surface area contributed by atoms with Crippen molar-refractivity contribution in [1.82, 2.24) is 9.97 Å². The van der Waals surface area contributed by atoms with Gasteiger partial charge in [0.05, 0.1) is 0 Å². The predicted molar refractivity (Wildman–Crippen MR) is 79.4 cm³/mol. The summed E-state index contributed by atoms with van der Waals surface area (Å²) in [6, 6.07) is 0. The van der Waals surface area contributed by atoms with E-state index >= 15 is 0 Å². The van der Waals surface area contributed by atoms with Crippen LogP contribution in [0.15, 0.2) is 0 Å². The van der Waals surface area contributed by atoms with Crippen LogP contribution in [0.4, 0.5) is 11.5 Å². The molecular weight excluding hydrogens is 264 g/mol. The van der Waals surface area contributed by atoms with Gasteiger partial charge in [-0.3, -0.25) is 0 Å². The first kappa shape index (κ1) is 16.0. The van der Waals surface area contributed by atoms with Crippen molar-refractivity contribution in [2.75, 3.05) is 24.2 Å². The molecule has 19 heavy (non-hydrogen) atoms. The number of nitrogens with zero attached hydrogens (tertiary/aromatic N) is 2. The van der Waals surface area contributed by atoms with Crippen LogP contribution in [0, 0.1) is 5.92 Å². The number of hydrogen-bond acceptors (Lipinski definition) is 5. The first-order chi connectivity index (χ1) is 9.04. The van der Waals surface area contributed by atoms with E-state index in [1.807, 2.05) is 0 Å². The summed E-state index contributed by atoms with van der Waals surface area (Å²) in [4.78, 5) is 8.60. The number of hydrogen-bond donors (Lipinski definition) is 3. The SMILES string of the molecule is CC(C)Cc1nc(Cl)c(N)c(NCCCCCO)n1. The van der Waals surface area contributed by atoms with E-state index in [-0.39, 0.29) is 6.61 Å². The Balaban J connectivity index is 2.62. The number of unbranched alkanes of at least 4 members (excludes halogenated alkanes) is 2. The van der Waals surface area contributed by atoms with Gasteiger partial charge in [0.25, 0.3) is 0 Å². The van der Waals surface area contributed by atoms with Crippen LogP contribution in [0.1, 0.15) is 38.9 Å². The molecule has 5 nitrogen and oxygen atoms in total. The Morgan fingerprint density at radius 3 is 2.63 bits per heavy atom.